The van der Waals surface area contributed by atoms with E-state index in [-0.39, 0.29) is 12.4 Å². The highest BCUT2D eigenvalue weighted by Gasteiger charge is 2.02. The summed E-state index contributed by atoms with van der Waals surface area (Å²) in [4.78, 5) is 10.9. The Morgan fingerprint density at radius 2 is 1.72 bits per heavy atom. The number of rotatable bonds is 3. The number of carbonyl (C=O) groups is 1. The second-order valence-corrected chi connectivity index (χ2v) is 3.82. The van der Waals surface area contributed by atoms with E-state index in [1.165, 1.54) is 0 Å². The molecule has 0 atom stereocenters. The molecule has 0 radical (unpaired) electrons. The maximum atomic E-state index is 10.9. The van der Waals surface area contributed by atoms with Gasteiger partial charge in [0, 0.05) is 17.3 Å². The first-order valence-corrected chi connectivity index (χ1v) is 5.36. The fraction of sp³-hybridized carbons (Fsp3) is 0. The lowest BCUT2D eigenvalue weighted by atomic mass is 10.2. The molecule has 0 aliphatic heterocycles. The van der Waals surface area contributed by atoms with Crippen LogP contribution in [0.2, 0.25) is 0 Å². The van der Waals surface area contributed by atoms with Crippen LogP contribution in [0.5, 0.6) is 11.5 Å². The van der Waals surface area contributed by atoms with Crippen molar-refractivity contribution in [2.75, 3.05) is 5.73 Å². The van der Waals surface area contributed by atoms with Crippen molar-refractivity contribution >= 4 is 34.9 Å². The second kappa shape index (κ2) is 6.28. The summed E-state index contributed by atoms with van der Waals surface area (Å²) in [7, 11) is 0. The number of hydrogen-bond acceptors (Lipinski definition) is 3. The SMILES string of the molecule is Cl.Nc1cccc(Oc2ccc(C(=O)Cl)cc2)c1. The molecule has 0 unspecified atom stereocenters. The minimum atomic E-state index is -0.486. The van der Waals surface area contributed by atoms with Gasteiger partial charge in [-0.25, -0.2) is 0 Å². The van der Waals surface area contributed by atoms with Gasteiger partial charge in [0.1, 0.15) is 11.5 Å². The molecule has 0 aromatic heterocycles. The van der Waals surface area contributed by atoms with Crippen LogP contribution in [0.25, 0.3) is 0 Å². The van der Waals surface area contributed by atoms with Crippen molar-refractivity contribution < 1.29 is 9.53 Å². The van der Waals surface area contributed by atoms with Gasteiger partial charge in [0.15, 0.2) is 0 Å². The molecule has 94 valence electrons. The molecule has 2 N–H and O–H groups in total. The van der Waals surface area contributed by atoms with E-state index >= 15 is 0 Å². The van der Waals surface area contributed by atoms with Crippen molar-refractivity contribution in [2.24, 2.45) is 0 Å². The van der Waals surface area contributed by atoms with Crippen molar-refractivity contribution in [1.29, 1.82) is 0 Å². The van der Waals surface area contributed by atoms with Gasteiger partial charge < -0.3 is 10.5 Å². The lowest BCUT2D eigenvalue weighted by Gasteiger charge is -2.06. The molecule has 0 fully saturated rings. The van der Waals surface area contributed by atoms with Gasteiger partial charge in [0.2, 0.25) is 0 Å². The van der Waals surface area contributed by atoms with Crippen molar-refractivity contribution in [3.63, 3.8) is 0 Å². The smallest absolute Gasteiger partial charge is 0.252 e. The standard InChI is InChI=1S/C13H10ClNO2.ClH/c14-13(16)9-4-6-11(7-5-9)17-12-3-1-2-10(15)8-12;/h1-8H,15H2;1H. The number of carbonyl (C=O) groups excluding carboxylic acids is 1. The van der Waals surface area contributed by atoms with E-state index in [2.05, 4.69) is 0 Å². The molecule has 0 bridgehead atoms. The Balaban J connectivity index is 0.00000162. The van der Waals surface area contributed by atoms with Gasteiger partial charge in [0.05, 0.1) is 0 Å². The third-order valence-electron chi connectivity index (χ3n) is 2.18. The first-order chi connectivity index (χ1) is 8.15. The number of hydrogen-bond donors (Lipinski definition) is 1. The van der Waals surface area contributed by atoms with Crippen LogP contribution in [0.15, 0.2) is 48.5 Å². The van der Waals surface area contributed by atoms with E-state index in [4.69, 9.17) is 22.1 Å². The van der Waals surface area contributed by atoms with Gasteiger partial charge in [-0.15, -0.1) is 12.4 Å². The molecule has 2 aromatic rings. The van der Waals surface area contributed by atoms with Crippen LogP contribution < -0.4 is 10.5 Å². The highest BCUT2D eigenvalue weighted by molar-refractivity contribution is 6.67. The van der Waals surface area contributed by atoms with Gasteiger partial charge in [-0.2, -0.15) is 0 Å². The molecule has 18 heavy (non-hydrogen) atoms. The highest BCUT2D eigenvalue weighted by atomic mass is 35.5. The van der Waals surface area contributed by atoms with Crippen LogP contribution in [-0.2, 0) is 0 Å². The Labute approximate surface area is 116 Å². The molecule has 2 rings (SSSR count). The molecule has 0 spiro atoms. The van der Waals surface area contributed by atoms with E-state index in [1.807, 2.05) is 0 Å². The summed E-state index contributed by atoms with van der Waals surface area (Å²) < 4.78 is 5.56. The van der Waals surface area contributed by atoms with Crippen molar-refractivity contribution in [3.05, 3.63) is 54.1 Å². The lowest BCUT2D eigenvalue weighted by Crippen LogP contribution is -1.90. The average Bonchev–Trinajstić information content (AvgIpc) is 2.29. The minimum absolute atomic E-state index is 0. The first kappa shape index (κ1) is 14.4. The summed E-state index contributed by atoms with van der Waals surface area (Å²) in [6.45, 7) is 0. The fourth-order valence-corrected chi connectivity index (χ4v) is 1.49. The minimum Gasteiger partial charge on any atom is -0.457 e. The Kier molecular flexibility index (Phi) is 5.01. The van der Waals surface area contributed by atoms with Crippen LogP contribution in [0.3, 0.4) is 0 Å². The molecular formula is C13H11Cl2NO2. The molecule has 0 aliphatic carbocycles. The van der Waals surface area contributed by atoms with Crippen LogP contribution in [0.4, 0.5) is 5.69 Å². The van der Waals surface area contributed by atoms with E-state index in [0.29, 0.717) is 22.7 Å². The zero-order chi connectivity index (χ0) is 12.3. The summed E-state index contributed by atoms with van der Waals surface area (Å²) in [6, 6.07) is 13.7. The lowest BCUT2D eigenvalue weighted by molar-refractivity contribution is 0.108. The number of anilines is 1. The summed E-state index contributed by atoms with van der Waals surface area (Å²) in [6.07, 6.45) is 0. The average molecular weight is 284 g/mol. The number of nitrogen functional groups attached to an aromatic ring is 1. The van der Waals surface area contributed by atoms with Gasteiger partial charge in [-0.1, -0.05) is 6.07 Å². The Bertz CT molecular complexity index is 541. The normalized spacial score (nSPS) is 9.39. The predicted octanol–water partition coefficient (Wildman–Crippen LogP) is 3.86. The Morgan fingerprint density at radius 3 is 2.28 bits per heavy atom. The summed E-state index contributed by atoms with van der Waals surface area (Å²) >= 11 is 5.34. The van der Waals surface area contributed by atoms with Gasteiger partial charge >= 0.3 is 0 Å². The van der Waals surface area contributed by atoms with Crippen molar-refractivity contribution in [1.82, 2.24) is 0 Å². The summed E-state index contributed by atoms with van der Waals surface area (Å²) in [5, 5.41) is -0.486. The second-order valence-electron chi connectivity index (χ2n) is 3.47. The molecule has 5 heteroatoms. The van der Waals surface area contributed by atoms with Crippen LogP contribution in [-0.4, -0.2) is 5.24 Å². The molecule has 0 saturated carbocycles. The number of halogens is 2. The van der Waals surface area contributed by atoms with Crippen molar-refractivity contribution in [3.8, 4) is 11.5 Å². The number of ether oxygens (including phenoxy) is 1. The molecule has 2 aromatic carbocycles. The van der Waals surface area contributed by atoms with E-state index in [9.17, 15) is 4.79 Å². The van der Waals surface area contributed by atoms with Crippen LogP contribution in [0.1, 0.15) is 10.4 Å². The predicted molar refractivity (Wildman–Crippen MR) is 74.8 cm³/mol. The zero-order valence-electron chi connectivity index (χ0n) is 9.30. The van der Waals surface area contributed by atoms with E-state index in [1.54, 1.807) is 48.5 Å². The summed E-state index contributed by atoms with van der Waals surface area (Å²) in [5.74, 6) is 1.27. The zero-order valence-corrected chi connectivity index (χ0v) is 10.9. The third-order valence-corrected chi connectivity index (χ3v) is 2.39. The van der Waals surface area contributed by atoms with E-state index < -0.39 is 5.24 Å². The molecule has 0 saturated heterocycles. The maximum absolute atomic E-state index is 10.9. The number of nitrogens with two attached hydrogens (primary N) is 1. The topological polar surface area (TPSA) is 52.3 Å². The Morgan fingerprint density at radius 1 is 1.06 bits per heavy atom. The van der Waals surface area contributed by atoms with Gasteiger partial charge in [-0.3, -0.25) is 4.79 Å². The van der Waals surface area contributed by atoms with Crippen LogP contribution in [0, 0.1) is 0 Å². The number of benzene rings is 2. The third kappa shape index (κ3) is 3.65. The van der Waals surface area contributed by atoms with E-state index in [0.717, 1.165) is 0 Å². The molecule has 0 heterocycles. The molecule has 0 amide bonds. The highest BCUT2D eigenvalue weighted by Crippen LogP contribution is 2.23. The summed E-state index contributed by atoms with van der Waals surface area (Å²) in [5.41, 5.74) is 6.70. The van der Waals surface area contributed by atoms with Gasteiger partial charge in [0.25, 0.3) is 5.24 Å². The van der Waals surface area contributed by atoms with Gasteiger partial charge in [-0.05, 0) is 48.0 Å². The quantitative estimate of drug-likeness (QED) is 0.687. The Hall–Kier alpha value is -1.71. The largest absolute Gasteiger partial charge is 0.457 e. The fourth-order valence-electron chi connectivity index (χ4n) is 1.37. The molecule has 3 nitrogen and oxygen atoms in total. The molecular weight excluding hydrogens is 273 g/mol. The maximum Gasteiger partial charge on any atom is 0.252 e. The van der Waals surface area contributed by atoms with Crippen LogP contribution >= 0.6 is 24.0 Å². The van der Waals surface area contributed by atoms with Crippen molar-refractivity contribution in [2.45, 2.75) is 0 Å². The molecule has 0 aliphatic rings. The monoisotopic (exact) mass is 283 g/mol. The first-order valence-electron chi connectivity index (χ1n) is 4.98.